The molecule has 0 amide bonds. The van der Waals surface area contributed by atoms with Crippen molar-refractivity contribution in [1.82, 2.24) is 15.1 Å². The van der Waals surface area contributed by atoms with Crippen molar-refractivity contribution in [3.63, 3.8) is 0 Å². The molecule has 2 atom stereocenters. The Morgan fingerprint density at radius 2 is 2.17 bits per heavy atom. The second-order valence-electron chi connectivity index (χ2n) is 7.28. The number of fused-ring (bicyclic) bond motifs is 1. The second kappa shape index (κ2) is 6.30. The minimum atomic E-state index is -0.459. The molecule has 5 heteroatoms. The molecule has 128 valence electrons. The minimum absolute atomic E-state index is 0.233. The van der Waals surface area contributed by atoms with Gasteiger partial charge in [0.05, 0.1) is 17.5 Å². The third-order valence-electron chi connectivity index (χ3n) is 5.77. The first-order valence-corrected chi connectivity index (χ1v) is 8.87. The molecule has 1 aromatic carbocycles. The van der Waals surface area contributed by atoms with Crippen LogP contribution in [0, 0.1) is 11.7 Å². The fourth-order valence-electron chi connectivity index (χ4n) is 4.35. The molecule has 1 aromatic heterocycles. The molecule has 4 nitrogen and oxygen atoms in total. The lowest BCUT2D eigenvalue weighted by molar-refractivity contribution is -0.0967. The Balaban J connectivity index is 1.51. The van der Waals surface area contributed by atoms with Gasteiger partial charge in [-0.05, 0) is 31.4 Å². The average Bonchev–Trinajstić information content (AvgIpc) is 3.03. The summed E-state index contributed by atoms with van der Waals surface area (Å²) in [5.74, 6) is 0.132. The summed E-state index contributed by atoms with van der Waals surface area (Å²) in [6.45, 7) is 2.54. The molecule has 1 aliphatic carbocycles. The van der Waals surface area contributed by atoms with E-state index in [1.165, 1.54) is 12.5 Å². The van der Waals surface area contributed by atoms with Crippen molar-refractivity contribution < 1.29 is 9.50 Å². The highest BCUT2D eigenvalue weighted by atomic mass is 19.1. The highest BCUT2D eigenvalue weighted by Crippen LogP contribution is 2.40. The lowest BCUT2D eigenvalue weighted by atomic mass is 9.71. The summed E-state index contributed by atoms with van der Waals surface area (Å²) in [4.78, 5) is 2.37. The summed E-state index contributed by atoms with van der Waals surface area (Å²) in [5.41, 5.74) is 1.88. The van der Waals surface area contributed by atoms with Gasteiger partial charge in [-0.15, -0.1) is 0 Å². The fourth-order valence-corrected chi connectivity index (χ4v) is 4.35. The number of benzene rings is 1. The Morgan fingerprint density at radius 1 is 1.29 bits per heavy atom. The predicted octanol–water partition coefficient (Wildman–Crippen LogP) is 3.34. The highest BCUT2D eigenvalue weighted by Gasteiger charge is 2.42. The molecule has 2 heterocycles. The zero-order valence-corrected chi connectivity index (χ0v) is 13.8. The molecular weight excluding hydrogens is 305 g/mol. The molecule has 2 fully saturated rings. The van der Waals surface area contributed by atoms with Crippen LogP contribution in [-0.4, -0.2) is 38.9 Å². The Morgan fingerprint density at radius 3 is 3.04 bits per heavy atom. The van der Waals surface area contributed by atoms with Crippen LogP contribution in [0.3, 0.4) is 0 Å². The molecule has 0 bridgehead atoms. The Hall–Kier alpha value is -1.72. The van der Waals surface area contributed by atoms with Crippen molar-refractivity contribution in [2.24, 2.45) is 5.92 Å². The largest absolute Gasteiger partial charge is 0.390 e. The number of rotatable bonds is 3. The van der Waals surface area contributed by atoms with Gasteiger partial charge in [0, 0.05) is 36.7 Å². The molecule has 1 aliphatic heterocycles. The first kappa shape index (κ1) is 15.8. The zero-order valence-electron chi connectivity index (χ0n) is 13.8. The maximum Gasteiger partial charge on any atom is 0.132 e. The molecular formula is C19H24FN3O. The smallest absolute Gasteiger partial charge is 0.132 e. The number of piperidine rings is 1. The number of aromatic amines is 1. The van der Waals surface area contributed by atoms with Gasteiger partial charge in [-0.2, -0.15) is 5.10 Å². The fraction of sp³-hybridized carbons (Fsp3) is 0.526. The number of halogens is 1. The number of aromatic nitrogens is 2. The van der Waals surface area contributed by atoms with Gasteiger partial charge in [-0.3, -0.25) is 10.00 Å². The maximum absolute atomic E-state index is 14.1. The molecule has 0 radical (unpaired) electrons. The quantitative estimate of drug-likeness (QED) is 0.908. The number of hydrogen-bond donors (Lipinski definition) is 2. The van der Waals surface area contributed by atoms with Gasteiger partial charge in [0.2, 0.25) is 0 Å². The van der Waals surface area contributed by atoms with Crippen LogP contribution in [0.25, 0.3) is 11.3 Å². The van der Waals surface area contributed by atoms with Crippen LogP contribution < -0.4 is 0 Å². The monoisotopic (exact) mass is 329 g/mol. The molecule has 4 rings (SSSR count). The molecule has 0 spiro atoms. The van der Waals surface area contributed by atoms with Crippen LogP contribution in [0.5, 0.6) is 0 Å². The predicted molar refractivity (Wildman–Crippen MR) is 90.8 cm³/mol. The van der Waals surface area contributed by atoms with Crippen LogP contribution in [-0.2, 0) is 6.54 Å². The van der Waals surface area contributed by atoms with E-state index < -0.39 is 5.60 Å². The van der Waals surface area contributed by atoms with Crippen molar-refractivity contribution in [1.29, 1.82) is 0 Å². The topological polar surface area (TPSA) is 52.1 Å². The second-order valence-corrected chi connectivity index (χ2v) is 7.28. The number of aliphatic hydroxyl groups is 1. The van der Waals surface area contributed by atoms with Gasteiger partial charge < -0.3 is 5.11 Å². The van der Waals surface area contributed by atoms with Gasteiger partial charge in [-0.25, -0.2) is 4.39 Å². The van der Waals surface area contributed by atoms with Crippen LogP contribution >= 0.6 is 0 Å². The van der Waals surface area contributed by atoms with Gasteiger partial charge in [0.25, 0.3) is 0 Å². The number of nitrogens with zero attached hydrogens (tertiary/aromatic N) is 2. The first-order chi connectivity index (χ1) is 11.7. The highest BCUT2D eigenvalue weighted by molar-refractivity contribution is 5.63. The van der Waals surface area contributed by atoms with E-state index in [4.69, 9.17) is 0 Å². The SMILES string of the molecule is OC12CCCCC1CN(Cc1cn[nH]c1-c1ccccc1F)CC2. The van der Waals surface area contributed by atoms with Crippen molar-refractivity contribution in [3.8, 4) is 11.3 Å². The lowest BCUT2D eigenvalue weighted by Gasteiger charge is -2.47. The van der Waals surface area contributed by atoms with E-state index in [0.29, 0.717) is 11.5 Å². The molecule has 1 saturated carbocycles. The summed E-state index contributed by atoms with van der Waals surface area (Å²) in [6.07, 6.45) is 7.05. The molecule has 2 N–H and O–H groups in total. The van der Waals surface area contributed by atoms with Crippen LogP contribution in [0.15, 0.2) is 30.5 Å². The van der Waals surface area contributed by atoms with Gasteiger partial charge >= 0.3 is 0 Å². The summed E-state index contributed by atoms with van der Waals surface area (Å²) in [6, 6.07) is 6.79. The number of likely N-dealkylation sites (tertiary alicyclic amines) is 1. The first-order valence-electron chi connectivity index (χ1n) is 8.87. The van der Waals surface area contributed by atoms with Crippen molar-refractivity contribution in [3.05, 3.63) is 41.8 Å². The normalized spacial score (nSPS) is 27.8. The van der Waals surface area contributed by atoms with Crippen molar-refractivity contribution >= 4 is 0 Å². The van der Waals surface area contributed by atoms with Crippen molar-refractivity contribution in [2.75, 3.05) is 13.1 Å². The number of hydrogen-bond acceptors (Lipinski definition) is 3. The minimum Gasteiger partial charge on any atom is -0.390 e. The Bertz CT molecular complexity index is 716. The summed E-state index contributed by atoms with van der Waals surface area (Å²) >= 11 is 0. The molecule has 2 aliphatic rings. The van der Waals surface area contributed by atoms with E-state index in [-0.39, 0.29) is 5.82 Å². The number of H-pyrrole nitrogens is 1. The third kappa shape index (κ3) is 2.87. The Kier molecular flexibility index (Phi) is 4.14. The third-order valence-corrected chi connectivity index (χ3v) is 5.77. The average molecular weight is 329 g/mol. The van der Waals surface area contributed by atoms with Crippen LogP contribution in [0.1, 0.15) is 37.7 Å². The maximum atomic E-state index is 14.1. The summed E-state index contributed by atoms with van der Waals surface area (Å²) in [5, 5.41) is 17.9. The summed E-state index contributed by atoms with van der Waals surface area (Å²) < 4.78 is 14.1. The van der Waals surface area contributed by atoms with Gasteiger partial charge in [-0.1, -0.05) is 25.0 Å². The van der Waals surface area contributed by atoms with Crippen LogP contribution in [0.4, 0.5) is 4.39 Å². The van der Waals surface area contributed by atoms with E-state index in [1.54, 1.807) is 18.3 Å². The molecule has 2 aromatic rings. The Labute approximate surface area is 141 Å². The van der Waals surface area contributed by atoms with Gasteiger partial charge in [0.15, 0.2) is 0 Å². The van der Waals surface area contributed by atoms with E-state index in [0.717, 1.165) is 56.6 Å². The molecule has 1 saturated heterocycles. The lowest BCUT2D eigenvalue weighted by Crippen LogP contribution is -2.52. The van der Waals surface area contributed by atoms with E-state index in [2.05, 4.69) is 15.1 Å². The number of nitrogens with one attached hydrogen (secondary N) is 1. The van der Waals surface area contributed by atoms with Crippen molar-refractivity contribution in [2.45, 2.75) is 44.2 Å². The van der Waals surface area contributed by atoms with E-state index in [9.17, 15) is 9.50 Å². The molecule has 2 unspecified atom stereocenters. The van der Waals surface area contributed by atoms with Crippen LogP contribution in [0.2, 0.25) is 0 Å². The summed E-state index contributed by atoms with van der Waals surface area (Å²) in [7, 11) is 0. The van der Waals surface area contributed by atoms with E-state index >= 15 is 0 Å². The van der Waals surface area contributed by atoms with E-state index in [1.807, 2.05) is 6.07 Å². The van der Waals surface area contributed by atoms with Gasteiger partial charge in [0.1, 0.15) is 5.82 Å². The zero-order chi connectivity index (χ0) is 16.6. The standard InChI is InChI=1S/C19H24FN3O/c20-17-7-2-1-6-16(17)18-14(11-21-22-18)12-23-10-9-19(24)8-4-3-5-15(19)13-23/h1-2,6-7,11,15,24H,3-5,8-10,12-13H2,(H,21,22). The molecule has 24 heavy (non-hydrogen) atoms.